The van der Waals surface area contributed by atoms with Gasteiger partial charge in [-0.15, -0.1) is 11.3 Å². The van der Waals surface area contributed by atoms with Gasteiger partial charge in [-0.05, 0) is 195 Å². The molecule has 1 heterocycles. The van der Waals surface area contributed by atoms with Crippen molar-refractivity contribution in [3.8, 4) is 11.5 Å². The molecule has 5 aliphatic rings. The molecule has 2 aromatic rings. The molecule has 7 rings (SSSR count). The zero-order valence-electron chi connectivity index (χ0n) is 34.4. The van der Waals surface area contributed by atoms with E-state index in [9.17, 15) is 14.4 Å². The lowest BCUT2D eigenvalue weighted by molar-refractivity contribution is -0.360. The molecule has 11 heteroatoms. The zero-order chi connectivity index (χ0) is 40.4. The summed E-state index contributed by atoms with van der Waals surface area (Å²) in [7, 11) is 3.41. The first-order valence-corrected chi connectivity index (χ1v) is 23.4. The number of hydrogen-bond acceptors (Lipinski definition) is 10. The molecule has 9 nitrogen and oxygen atoms in total. The predicted molar refractivity (Wildman–Crippen MR) is 225 cm³/mol. The molecule has 0 amide bonds. The minimum absolute atomic E-state index is 0.0137. The highest BCUT2D eigenvalue weighted by Crippen LogP contribution is 2.42. The van der Waals surface area contributed by atoms with Gasteiger partial charge in [0, 0.05) is 12.7 Å². The Morgan fingerprint density at radius 2 is 1.10 bits per heavy atom. The van der Waals surface area contributed by atoms with Crippen molar-refractivity contribution in [1.82, 2.24) is 0 Å². The van der Waals surface area contributed by atoms with Gasteiger partial charge in [0.05, 0.1) is 46.5 Å². The van der Waals surface area contributed by atoms with Crippen LogP contribution in [0.25, 0.3) is 6.08 Å². The maximum absolute atomic E-state index is 13.3. The Labute approximate surface area is 353 Å². The van der Waals surface area contributed by atoms with Crippen molar-refractivity contribution < 1.29 is 43.1 Å². The van der Waals surface area contributed by atoms with Gasteiger partial charge in [0.1, 0.15) is 17.6 Å². The number of ketones is 1. The van der Waals surface area contributed by atoms with Crippen molar-refractivity contribution in [3.63, 3.8) is 0 Å². The highest BCUT2D eigenvalue weighted by molar-refractivity contribution is 7.18. The van der Waals surface area contributed by atoms with Crippen molar-refractivity contribution >= 4 is 46.7 Å². The molecule has 1 aromatic heterocycles. The highest BCUT2D eigenvalue weighted by Gasteiger charge is 2.37. The summed E-state index contributed by atoms with van der Waals surface area (Å²) in [6, 6.07) is 8.49. The van der Waals surface area contributed by atoms with Gasteiger partial charge >= 0.3 is 11.9 Å². The Hall–Kier alpha value is -2.76. The van der Waals surface area contributed by atoms with Crippen LogP contribution in [0.4, 0.5) is 0 Å². The number of methoxy groups -OCH3 is 2. The van der Waals surface area contributed by atoms with Gasteiger partial charge in [-0.25, -0.2) is 9.78 Å². The number of halogens is 1. The third-order valence-corrected chi connectivity index (χ3v) is 15.5. The molecule has 0 N–H and O–H groups in total. The lowest BCUT2D eigenvalue weighted by Crippen LogP contribution is -2.34. The number of ether oxygens (including phenoxy) is 4. The molecule has 5 saturated carbocycles. The number of rotatable bonds is 14. The minimum atomic E-state index is -0.330. The van der Waals surface area contributed by atoms with E-state index in [1.165, 1.54) is 68.8 Å². The van der Waals surface area contributed by atoms with Crippen LogP contribution in [0.15, 0.2) is 36.4 Å². The van der Waals surface area contributed by atoms with E-state index in [-0.39, 0.29) is 47.9 Å². The van der Waals surface area contributed by atoms with Gasteiger partial charge in [0.2, 0.25) is 0 Å². The molecule has 5 aliphatic carbocycles. The third kappa shape index (κ3) is 11.7. The van der Waals surface area contributed by atoms with Crippen molar-refractivity contribution in [1.29, 1.82) is 0 Å². The number of benzene rings is 1. The van der Waals surface area contributed by atoms with E-state index in [0.717, 1.165) is 63.2 Å². The fourth-order valence-corrected chi connectivity index (χ4v) is 11.5. The average Bonchev–Trinajstić information content (AvgIpc) is 3.72. The predicted octanol–water partition coefficient (Wildman–Crippen LogP) is 11.4. The van der Waals surface area contributed by atoms with Crippen LogP contribution in [-0.2, 0) is 28.8 Å². The van der Waals surface area contributed by atoms with Crippen LogP contribution in [0.3, 0.4) is 0 Å². The maximum atomic E-state index is 13.3. The van der Waals surface area contributed by atoms with E-state index in [0.29, 0.717) is 69.9 Å². The molecule has 0 aliphatic heterocycles. The number of hydrogen-bond donors (Lipinski definition) is 0. The summed E-state index contributed by atoms with van der Waals surface area (Å²) in [5, 5.41) is 0. The first-order chi connectivity index (χ1) is 28.2. The summed E-state index contributed by atoms with van der Waals surface area (Å²) in [6.45, 7) is 0. The molecule has 5 fully saturated rings. The van der Waals surface area contributed by atoms with E-state index < -0.39 is 0 Å². The Kier molecular flexibility index (Phi) is 15.8. The third-order valence-electron chi connectivity index (χ3n) is 14.2. The summed E-state index contributed by atoms with van der Waals surface area (Å²) in [5.74, 6) is 2.92. The van der Waals surface area contributed by atoms with E-state index in [4.69, 9.17) is 40.3 Å². The lowest BCUT2D eigenvalue weighted by atomic mass is 9.72. The summed E-state index contributed by atoms with van der Waals surface area (Å²) in [5.41, 5.74) is 0.557. The van der Waals surface area contributed by atoms with E-state index in [2.05, 4.69) is 0 Å². The van der Waals surface area contributed by atoms with Gasteiger partial charge in [0.15, 0.2) is 5.78 Å². The summed E-state index contributed by atoms with van der Waals surface area (Å²) < 4.78 is 23.4. The van der Waals surface area contributed by atoms with Crippen LogP contribution in [0, 0.1) is 35.5 Å². The highest BCUT2D eigenvalue weighted by atomic mass is 35.5. The monoisotopic (exact) mass is 838 g/mol. The standard InChI is InChI=1S/C47H63ClO9S/c1-52-37-16-7-30(8-17-37)32-11-20-39(21-12-32)56-57-40-22-13-33(14-23-40)31-9-18-38(19-10-31)54-46(50)34-3-5-35(6-4-34)47(51)55-43-26-24-41(53-2)29-36(43)15-25-42(49)44-27-28-45(48)58-44/h15,24-35,37-40H,3-14,16-23H2,1-2H3/b25-15+. The zero-order valence-corrected chi connectivity index (χ0v) is 36.0. The Morgan fingerprint density at radius 3 is 1.59 bits per heavy atom. The van der Waals surface area contributed by atoms with Gasteiger partial charge in [-0.1, -0.05) is 11.6 Å². The van der Waals surface area contributed by atoms with Gasteiger partial charge < -0.3 is 18.9 Å². The number of carbonyl (C=O) groups excluding carboxylic acids is 3. The molecule has 0 bridgehead atoms. The first kappa shape index (κ1) is 43.3. The minimum Gasteiger partial charge on any atom is -0.497 e. The molecule has 0 radical (unpaired) electrons. The van der Waals surface area contributed by atoms with Crippen LogP contribution < -0.4 is 9.47 Å². The van der Waals surface area contributed by atoms with E-state index >= 15 is 0 Å². The summed E-state index contributed by atoms with van der Waals surface area (Å²) in [6.07, 6.45) is 24.8. The molecular formula is C47H63ClO9S. The SMILES string of the molecule is COc1ccc(OC(=O)C2CCC(C(=O)OC3CCC(C4CCC(OOC5CCC(C6CCC(OC)CC6)CC5)CC4)CC3)CC2)c(/C=C/C(=O)c2ccc(Cl)s2)c1. The molecular weight excluding hydrogens is 776 g/mol. The lowest BCUT2D eigenvalue weighted by Gasteiger charge is -2.38. The van der Waals surface area contributed by atoms with E-state index in [1.807, 2.05) is 7.11 Å². The quantitative estimate of drug-likeness (QED) is 0.0459. The van der Waals surface area contributed by atoms with Crippen LogP contribution in [-0.4, -0.2) is 56.4 Å². The number of allylic oxidation sites excluding steroid dienone is 1. The second-order valence-electron chi connectivity index (χ2n) is 17.7. The van der Waals surface area contributed by atoms with Gasteiger partial charge in [-0.2, -0.15) is 0 Å². The molecule has 58 heavy (non-hydrogen) atoms. The molecule has 0 saturated heterocycles. The summed E-state index contributed by atoms with van der Waals surface area (Å²) >= 11 is 7.21. The number of carbonyl (C=O) groups is 3. The summed E-state index contributed by atoms with van der Waals surface area (Å²) in [4.78, 5) is 51.8. The van der Waals surface area contributed by atoms with Crippen LogP contribution in [0.2, 0.25) is 4.34 Å². The second-order valence-corrected chi connectivity index (χ2v) is 19.4. The molecule has 0 unspecified atom stereocenters. The van der Waals surface area contributed by atoms with Gasteiger partial charge in [-0.3, -0.25) is 14.4 Å². The van der Waals surface area contributed by atoms with Crippen LogP contribution >= 0.6 is 22.9 Å². The van der Waals surface area contributed by atoms with Crippen molar-refractivity contribution in [2.75, 3.05) is 14.2 Å². The van der Waals surface area contributed by atoms with E-state index in [1.54, 1.807) is 43.5 Å². The fourth-order valence-electron chi connectivity index (χ4n) is 10.5. The smallest absolute Gasteiger partial charge is 0.314 e. The molecule has 1 aromatic carbocycles. The fraction of sp³-hybridized carbons (Fsp3) is 0.681. The average molecular weight is 840 g/mol. The maximum Gasteiger partial charge on any atom is 0.314 e. The van der Waals surface area contributed by atoms with Gasteiger partial charge in [0.25, 0.3) is 0 Å². The Bertz CT molecular complexity index is 1670. The van der Waals surface area contributed by atoms with Crippen molar-refractivity contribution in [2.24, 2.45) is 35.5 Å². The number of thiophene rings is 1. The Balaban J connectivity index is 0.768. The normalized spacial score (nSPS) is 32.1. The largest absolute Gasteiger partial charge is 0.497 e. The Morgan fingerprint density at radius 1 is 0.603 bits per heavy atom. The first-order valence-electron chi connectivity index (χ1n) is 22.2. The molecule has 0 spiro atoms. The second kappa shape index (κ2) is 21.2. The number of esters is 2. The van der Waals surface area contributed by atoms with Crippen molar-refractivity contribution in [2.45, 2.75) is 153 Å². The topological polar surface area (TPSA) is 107 Å². The molecule has 0 atom stereocenters. The molecule has 318 valence electrons. The van der Waals surface area contributed by atoms with Crippen LogP contribution in [0.1, 0.15) is 144 Å². The van der Waals surface area contributed by atoms with Crippen LogP contribution in [0.5, 0.6) is 11.5 Å². The van der Waals surface area contributed by atoms with Crippen molar-refractivity contribution in [3.05, 3.63) is 51.2 Å².